The average molecular weight is 332 g/mol. The summed E-state index contributed by atoms with van der Waals surface area (Å²) in [6, 6.07) is 0.459. The number of rotatable bonds is 6. The average Bonchev–Trinajstić information content (AvgIpc) is 2.82. The number of hydrogen-bond donors (Lipinski definition) is 1. The van der Waals surface area contributed by atoms with Crippen LogP contribution < -0.4 is 5.32 Å². The third-order valence-electron chi connectivity index (χ3n) is 3.52. The van der Waals surface area contributed by atoms with Crippen LogP contribution in [0.4, 0.5) is 0 Å². The number of thiophene rings is 1. The van der Waals surface area contributed by atoms with Crippen molar-refractivity contribution < 1.29 is 4.74 Å². The van der Waals surface area contributed by atoms with Crippen molar-refractivity contribution in [3.8, 4) is 0 Å². The molecule has 2 unspecified atom stereocenters. The van der Waals surface area contributed by atoms with Crippen LogP contribution in [0.2, 0.25) is 0 Å². The molecule has 1 N–H and O–H groups in total. The molecule has 1 aliphatic heterocycles. The van der Waals surface area contributed by atoms with E-state index in [0.29, 0.717) is 12.1 Å². The fourth-order valence-electron chi connectivity index (χ4n) is 2.54. The Balaban J connectivity index is 1.88. The molecular formula is C14H22BrNOS. The van der Waals surface area contributed by atoms with Crippen LogP contribution in [0.25, 0.3) is 0 Å². The normalized spacial score (nSPS) is 22.0. The van der Waals surface area contributed by atoms with Gasteiger partial charge in [0.1, 0.15) is 0 Å². The Labute approximate surface area is 122 Å². The molecule has 1 aromatic rings. The van der Waals surface area contributed by atoms with Gasteiger partial charge in [-0.05, 0) is 65.5 Å². The highest BCUT2D eigenvalue weighted by Crippen LogP contribution is 2.31. The molecule has 1 aromatic heterocycles. The predicted octanol–water partition coefficient (Wildman–Crippen LogP) is 4.51. The molecule has 0 amide bonds. The Morgan fingerprint density at radius 3 is 3.00 bits per heavy atom. The van der Waals surface area contributed by atoms with E-state index in [0.717, 1.165) is 19.6 Å². The van der Waals surface area contributed by atoms with Crippen molar-refractivity contribution in [3.05, 3.63) is 20.8 Å². The predicted molar refractivity (Wildman–Crippen MR) is 81.3 cm³/mol. The molecule has 2 rings (SSSR count). The molecule has 4 heteroatoms. The van der Waals surface area contributed by atoms with E-state index < -0.39 is 0 Å². The van der Waals surface area contributed by atoms with Crippen molar-refractivity contribution in [1.29, 1.82) is 0 Å². The van der Waals surface area contributed by atoms with E-state index in [4.69, 9.17) is 4.74 Å². The van der Waals surface area contributed by atoms with Crippen molar-refractivity contribution in [3.63, 3.8) is 0 Å². The van der Waals surface area contributed by atoms with Gasteiger partial charge in [0.05, 0.1) is 6.10 Å². The maximum absolute atomic E-state index is 5.82. The second kappa shape index (κ2) is 7.63. The molecule has 0 bridgehead atoms. The Morgan fingerprint density at radius 1 is 1.50 bits per heavy atom. The van der Waals surface area contributed by atoms with E-state index in [9.17, 15) is 0 Å². The summed E-state index contributed by atoms with van der Waals surface area (Å²) in [6.45, 7) is 4.14. The third kappa shape index (κ3) is 4.05. The van der Waals surface area contributed by atoms with E-state index in [-0.39, 0.29) is 0 Å². The van der Waals surface area contributed by atoms with Crippen molar-refractivity contribution >= 4 is 27.3 Å². The van der Waals surface area contributed by atoms with E-state index in [1.807, 2.05) is 0 Å². The molecular weight excluding hydrogens is 310 g/mol. The number of hydrogen-bond acceptors (Lipinski definition) is 3. The van der Waals surface area contributed by atoms with Crippen LogP contribution in [0.5, 0.6) is 0 Å². The quantitative estimate of drug-likeness (QED) is 0.827. The molecule has 0 aliphatic carbocycles. The Kier molecular flexibility index (Phi) is 6.15. The van der Waals surface area contributed by atoms with Gasteiger partial charge < -0.3 is 10.1 Å². The van der Waals surface area contributed by atoms with Gasteiger partial charge in [0.2, 0.25) is 0 Å². The van der Waals surface area contributed by atoms with Gasteiger partial charge in [-0.1, -0.05) is 6.92 Å². The van der Waals surface area contributed by atoms with Crippen molar-refractivity contribution in [2.75, 3.05) is 13.2 Å². The summed E-state index contributed by atoms with van der Waals surface area (Å²) in [4.78, 5) is 0. The Morgan fingerprint density at radius 2 is 2.39 bits per heavy atom. The van der Waals surface area contributed by atoms with Crippen LogP contribution >= 0.6 is 27.3 Å². The van der Waals surface area contributed by atoms with Crippen molar-refractivity contribution in [1.82, 2.24) is 5.32 Å². The molecule has 1 aliphatic rings. The number of halogens is 1. The van der Waals surface area contributed by atoms with E-state index in [2.05, 4.69) is 38.9 Å². The Bertz CT molecular complexity index is 349. The molecule has 1 saturated heterocycles. The molecule has 0 saturated carbocycles. The van der Waals surface area contributed by atoms with Crippen LogP contribution in [-0.2, 0) is 4.74 Å². The number of nitrogens with one attached hydrogen (secondary N) is 1. The highest BCUT2D eigenvalue weighted by atomic mass is 79.9. The lowest BCUT2D eigenvalue weighted by Gasteiger charge is -2.25. The lowest BCUT2D eigenvalue weighted by molar-refractivity contribution is 0.00856. The van der Waals surface area contributed by atoms with Gasteiger partial charge >= 0.3 is 0 Å². The minimum atomic E-state index is 0.459. The second-order valence-corrected chi connectivity index (χ2v) is 6.45. The molecule has 2 heterocycles. The summed E-state index contributed by atoms with van der Waals surface area (Å²) in [6.07, 6.45) is 6.62. The summed E-state index contributed by atoms with van der Waals surface area (Å²) in [5.41, 5.74) is 1.40. The lowest BCUT2D eigenvalue weighted by atomic mass is 9.99. The van der Waals surface area contributed by atoms with Crippen LogP contribution in [0.15, 0.2) is 15.2 Å². The lowest BCUT2D eigenvalue weighted by Crippen LogP contribution is -2.24. The summed E-state index contributed by atoms with van der Waals surface area (Å²) in [5, 5.41) is 8.00. The van der Waals surface area contributed by atoms with E-state index in [1.165, 1.54) is 35.7 Å². The summed E-state index contributed by atoms with van der Waals surface area (Å²) in [5.74, 6) is 0. The highest BCUT2D eigenvalue weighted by molar-refractivity contribution is 9.10. The van der Waals surface area contributed by atoms with Gasteiger partial charge in [-0.3, -0.25) is 0 Å². The van der Waals surface area contributed by atoms with Gasteiger partial charge in [0.15, 0.2) is 0 Å². The maximum atomic E-state index is 5.82. The molecule has 18 heavy (non-hydrogen) atoms. The minimum Gasteiger partial charge on any atom is -0.378 e. The molecule has 102 valence electrons. The van der Waals surface area contributed by atoms with Crippen LogP contribution in [0.3, 0.4) is 0 Å². The molecule has 2 atom stereocenters. The largest absolute Gasteiger partial charge is 0.378 e. The van der Waals surface area contributed by atoms with E-state index in [1.54, 1.807) is 11.3 Å². The van der Waals surface area contributed by atoms with Crippen molar-refractivity contribution in [2.24, 2.45) is 0 Å². The van der Waals surface area contributed by atoms with Crippen LogP contribution in [0.1, 0.15) is 50.6 Å². The Hall–Kier alpha value is 0.100. The van der Waals surface area contributed by atoms with Crippen molar-refractivity contribution in [2.45, 2.75) is 51.2 Å². The first-order valence-corrected chi connectivity index (χ1v) is 8.61. The zero-order valence-electron chi connectivity index (χ0n) is 11.0. The maximum Gasteiger partial charge on any atom is 0.0575 e. The smallest absolute Gasteiger partial charge is 0.0575 e. The van der Waals surface area contributed by atoms with Crippen LogP contribution in [0, 0.1) is 0 Å². The molecule has 2 nitrogen and oxygen atoms in total. The molecule has 1 fully saturated rings. The van der Waals surface area contributed by atoms with Gasteiger partial charge in [-0.2, -0.15) is 11.3 Å². The van der Waals surface area contributed by atoms with Crippen LogP contribution in [-0.4, -0.2) is 19.3 Å². The summed E-state index contributed by atoms with van der Waals surface area (Å²) in [7, 11) is 0. The third-order valence-corrected chi connectivity index (χ3v) is 5.27. The van der Waals surface area contributed by atoms with Gasteiger partial charge in [-0.25, -0.2) is 0 Å². The topological polar surface area (TPSA) is 21.3 Å². The summed E-state index contributed by atoms with van der Waals surface area (Å²) >= 11 is 5.41. The first-order valence-electron chi connectivity index (χ1n) is 6.87. The zero-order chi connectivity index (χ0) is 12.8. The van der Waals surface area contributed by atoms with E-state index >= 15 is 0 Å². The monoisotopic (exact) mass is 331 g/mol. The van der Waals surface area contributed by atoms with Gasteiger partial charge in [0, 0.05) is 22.5 Å². The standard InChI is InChI=1S/C14H22BrNOS/c1-2-16-14(12-9-18-10-13(12)15)7-6-11-5-3-4-8-17-11/h9-11,14,16H,2-8H2,1H3. The SMILES string of the molecule is CCNC(CCC1CCCCO1)c1cscc1Br. The first kappa shape index (κ1) is 14.5. The number of ether oxygens (including phenoxy) is 1. The molecule has 0 spiro atoms. The fraction of sp³-hybridized carbons (Fsp3) is 0.714. The molecule has 0 aromatic carbocycles. The first-order chi connectivity index (χ1) is 8.81. The minimum absolute atomic E-state index is 0.459. The summed E-state index contributed by atoms with van der Waals surface area (Å²) < 4.78 is 7.06. The highest BCUT2D eigenvalue weighted by Gasteiger charge is 2.19. The van der Waals surface area contributed by atoms with Gasteiger partial charge in [-0.15, -0.1) is 0 Å². The molecule has 0 radical (unpaired) electrons. The second-order valence-electron chi connectivity index (χ2n) is 4.85. The zero-order valence-corrected chi connectivity index (χ0v) is 13.4. The van der Waals surface area contributed by atoms with Gasteiger partial charge in [0.25, 0.3) is 0 Å². The fourth-order valence-corrected chi connectivity index (χ4v) is 4.17.